The van der Waals surface area contributed by atoms with Crippen molar-refractivity contribution in [3.63, 3.8) is 0 Å². The highest BCUT2D eigenvalue weighted by Crippen LogP contribution is 2.16. The number of nitrogens with one attached hydrogen (secondary N) is 2. The van der Waals surface area contributed by atoms with Crippen LogP contribution in [0.1, 0.15) is 23.6 Å². The average molecular weight is 465 g/mol. The number of rotatable bonds is 6. The normalized spacial score (nSPS) is 18.1. The summed E-state index contributed by atoms with van der Waals surface area (Å²) in [5.74, 6) is 0.887. The summed E-state index contributed by atoms with van der Waals surface area (Å²) in [6.45, 7) is 10.9. The molecule has 0 spiro atoms. The van der Waals surface area contributed by atoms with Crippen molar-refractivity contribution in [1.29, 1.82) is 0 Å². The third kappa shape index (κ3) is 6.85. The molecule has 1 atom stereocenters. The molecular formula is C17H32IN5S. The van der Waals surface area contributed by atoms with Crippen LogP contribution >= 0.6 is 35.3 Å². The number of nitrogens with zero attached hydrogens (tertiary/aromatic N) is 3. The van der Waals surface area contributed by atoms with E-state index in [4.69, 9.17) is 0 Å². The van der Waals surface area contributed by atoms with E-state index in [0.717, 1.165) is 51.6 Å². The van der Waals surface area contributed by atoms with Crippen LogP contribution in [0.3, 0.4) is 0 Å². The summed E-state index contributed by atoms with van der Waals surface area (Å²) >= 11 is 1.87. The molecule has 2 rings (SSSR count). The average Bonchev–Trinajstić information content (AvgIpc) is 3.03. The Bertz CT molecular complexity index is 497. The van der Waals surface area contributed by atoms with Gasteiger partial charge in [0.2, 0.25) is 0 Å². The first-order valence-electron chi connectivity index (χ1n) is 8.57. The molecule has 1 fully saturated rings. The van der Waals surface area contributed by atoms with E-state index < -0.39 is 0 Å². The Morgan fingerprint density at radius 2 is 1.88 bits per heavy atom. The minimum absolute atomic E-state index is 0. The summed E-state index contributed by atoms with van der Waals surface area (Å²) in [6, 6.07) is 4.94. The second-order valence-electron chi connectivity index (χ2n) is 6.22. The Hall–Kier alpha value is -0.380. The predicted molar refractivity (Wildman–Crippen MR) is 116 cm³/mol. The fraction of sp³-hybridized carbons (Fsp3) is 0.706. The molecule has 138 valence electrons. The zero-order valence-electron chi connectivity index (χ0n) is 15.3. The highest BCUT2D eigenvalue weighted by atomic mass is 127. The summed E-state index contributed by atoms with van der Waals surface area (Å²) < 4.78 is 0. The Labute approximate surface area is 167 Å². The van der Waals surface area contributed by atoms with Crippen LogP contribution in [0.25, 0.3) is 0 Å². The first kappa shape index (κ1) is 21.7. The number of hydrogen-bond acceptors (Lipinski definition) is 4. The van der Waals surface area contributed by atoms with E-state index >= 15 is 0 Å². The lowest BCUT2D eigenvalue weighted by molar-refractivity contribution is 0.120. The minimum atomic E-state index is 0. The van der Waals surface area contributed by atoms with E-state index in [1.807, 2.05) is 18.4 Å². The van der Waals surface area contributed by atoms with Gasteiger partial charge in [0, 0.05) is 55.6 Å². The van der Waals surface area contributed by atoms with E-state index in [9.17, 15) is 0 Å². The van der Waals surface area contributed by atoms with Gasteiger partial charge in [0.15, 0.2) is 5.96 Å². The van der Waals surface area contributed by atoms with E-state index in [0.29, 0.717) is 6.04 Å². The van der Waals surface area contributed by atoms with Crippen LogP contribution in [0.2, 0.25) is 0 Å². The summed E-state index contributed by atoms with van der Waals surface area (Å²) in [6.07, 6.45) is 1.11. The number of aryl methyl sites for hydroxylation is 1. The molecule has 1 saturated heterocycles. The first-order valence-corrected chi connectivity index (χ1v) is 9.38. The molecule has 0 amide bonds. The van der Waals surface area contributed by atoms with Crippen LogP contribution in [0, 0.1) is 0 Å². The molecule has 0 aromatic carbocycles. The molecule has 1 aliphatic rings. The molecule has 2 N–H and O–H groups in total. The highest BCUT2D eigenvalue weighted by molar-refractivity contribution is 14.0. The third-order valence-electron chi connectivity index (χ3n) is 4.45. The molecule has 0 saturated carbocycles. The van der Waals surface area contributed by atoms with E-state index in [-0.39, 0.29) is 24.0 Å². The van der Waals surface area contributed by atoms with Crippen LogP contribution in [0.15, 0.2) is 17.1 Å². The lowest BCUT2D eigenvalue weighted by Crippen LogP contribution is -2.52. The number of likely N-dealkylation sites (N-methyl/N-ethyl adjacent to an activating group) is 1. The van der Waals surface area contributed by atoms with Crippen molar-refractivity contribution in [2.75, 3.05) is 46.8 Å². The van der Waals surface area contributed by atoms with Gasteiger partial charge in [-0.15, -0.1) is 35.3 Å². The molecule has 0 radical (unpaired) electrons. The molecule has 0 bridgehead atoms. The fourth-order valence-corrected chi connectivity index (χ4v) is 3.63. The van der Waals surface area contributed by atoms with Gasteiger partial charge in [0.1, 0.15) is 0 Å². The van der Waals surface area contributed by atoms with Gasteiger partial charge in [0.05, 0.1) is 6.54 Å². The van der Waals surface area contributed by atoms with Gasteiger partial charge >= 0.3 is 0 Å². The van der Waals surface area contributed by atoms with Crippen molar-refractivity contribution in [3.8, 4) is 0 Å². The molecule has 24 heavy (non-hydrogen) atoms. The van der Waals surface area contributed by atoms with Crippen molar-refractivity contribution < 1.29 is 0 Å². The molecule has 0 aliphatic carbocycles. The van der Waals surface area contributed by atoms with Gasteiger partial charge in [-0.25, -0.2) is 0 Å². The molecule has 1 unspecified atom stereocenters. The van der Waals surface area contributed by atoms with Crippen molar-refractivity contribution in [2.24, 2.45) is 4.99 Å². The van der Waals surface area contributed by atoms with Crippen molar-refractivity contribution in [2.45, 2.75) is 32.9 Å². The van der Waals surface area contributed by atoms with E-state index in [2.05, 4.69) is 58.5 Å². The van der Waals surface area contributed by atoms with Gasteiger partial charge in [-0.2, -0.15) is 0 Å². The molecule has 7 heteroatoms. The number of guanidine groups is 1. The van der Waals surface area contributed by atoms with Crippen LogP contribution < -0.4 is 10.6 Å². The van der Waals surface area contributed by atoms with Gasteiger partial charge in [-0.05, 0) is 32.5 Å². The Morgan fingerprint density at radius 1 is 1.21 bits per heavy atom. The maximum Gasteiger partial charge on any atom is 0.191 e. The Kier molecular flexibility index (Phi) is 10.2. The van der Waals surface area contributed by atoms with Crippen LogP contribution in [0.4, 0.5) is 0 Å². The van der Waals surface area contributed by atoms with Gasteiger partial charge in [-0.3, -0.25) is 9.89 Å². The molecule has 1 aromatic heterocycles. The van der Waals surface area contributed by atoms with Crippen molar-refractivity contribution in [1.82, 2.24) is 20.4 Å². The lowest BCUT2D eigenvalue weighted by atomic mass is 10.2. The number of thiophene rings is 1. The number of piperazine rings is 1. The van der Waals surface area contributed by atoms with Gasteiger partial charge < -0.3 is 15.5 Å². The van der Waals surface area contributed by atoms with Gasteiger partial charge in [0.25, 0.3) is 0 Å². The Balaban J connectivity index is 0.00000288. The summed E-state index contributed by atoms with van der Waals surface area (Å²) in [7, 11) is 4.03. The van der Waals surface area contributed by atoms with E-state index in [1.54, 1.807) is 0 Å². The SMILES string of the molecule is CCc1ccc(CNC(=NC)NCC(C)N2CCN(C)CC2)s1.I. The minimum Gasteiger partial charge on any atom is -0.355 e. The first-order chi connectivity index (χ1) is 11.1. The summed E-state index contributed by atoms with van der Waals surface area (Å²) in [5.41, 5.74) is 0. The van der Waals surface area contributed by atoms with Crippen molar-refractivity contribution >= 4 is 41.3 Å². The van der Waals surface area contributed by atoms with Gasteiger partial charge in [-0.1, -0.05) is 6.92 Å². The number of hydrogen-bond donors (Lipinski definition) is 2. The highest BCUT2D eigenvalue weighted by Gasteiger charge is 2.19. The molecule has 1 aromatic rings. The second-order valence-corrected chi connectivity index (χ2v) is 7.47. The van der Waals surface area contributed by atoms with Crippen molar-refractivity contribution in [3.05, 3.63) is 21.9 Å². The van der Waals surface area contributed by atoms with Crippen LogP contribution in [-0.2, 0) is 13.0 Å². The predicted octanol–water partition coefficient (Wildman–Crippen LogP) is 2.23. The standard InChI is InChI=1S/C17H31N5S.HI/c1-5-15-6-7-16(23-15)13-20-17(18-3)19-12-14(2)22-10-8-21(4)9-11-22;/h6-7,14H,5,8-13H2,1-4H3,(H2,18,19,20);1H. The molecule has 1 aliphatic heterocycles. The lowest BCUT2D eigenvalue weighted by Gasteiger charge is -2.36. The van der Waals surface area contributed by atoms with Crippen LogP contribution in [0.5, 0.6) is 0 Å². The topological polar surface area (TPSA) is 42.9 Å². The number of aliphatic imine (C=N–C) groups is 1. The summed E-state index contributed by atoms with van der Waals surface area (Å²) in [4.78, 5) is 12.1. The smallest absolute Gasteiger partial charge is 0.191 e. The molecule has 5 nitrogen and oxygen atoms in total. The largest absolute Gasteiger partial charge is 0.355 e. The zero-order chi connectivity index (χ0) is 16.7. The number of halogens is 1. The second kappa shape index (κ2) is 11.3. The zero-order valence-corrected chi connectivity index (χ0v) is 18.5. The maximum atomic E-state index is 4.33. The Morgan fingerprint density at radius 3 is 2.46 bits per heavy atom. The maximum absolute atomic E-state index is 4.33. The summed E-state index contributed by atoms with van der Waals surface area (Å²) in [5, 5.41) is 6.87. The van der Waals surface area contributed by atoms with Crippen LogP contribution in [-0.4, -0.2) is 68.6 Å². The quantitative estimate of drug-likeness (QED) is 0.384. The third-order valence-corrected chi connectivity index (χ3v) is 5.68. The van der Waals surface area contributed by atoms with E-state index in [1.165, 1.54) is 9.75 Å². The molecular weight excluding hydrogens is 433 g/mol. The molecule has 2 heterocycles. The monoisotopic (exact) mass is 465 g/mol. The fourth-order valence-electron chi connectivity index (χ4n) is 2.73.